The first-order valence-electron chi connectivity index (χ1n) is 7.30. The molecule has 1 N–H and O–H groups in total. The third-order valence-corrected chi connectivity index (χ3v) is 4.05. The SMILES string of the molecule is Cc1cc(C(CC(=O)O)CC(C)C)c(C)n1C1CC1. The summed E-state index contributed by atoms with van der Waals surface area (Å²) in [5, 5.41) is 9.14. The van der Waals surface area contributed by atoms with Gasteiger partial charge in [-0.3, -0.25) is 4.79 Å². The monoisotopic (exact) mass is 263 g/mol. The van der Waals surface area contributed by atoms with E-state index in [1.807, 2.05) is 0 Å². The number of aliphatic carboxylic acids is 1. The Hall–Kier alpha value is -1.25. The van der Waals surface area contributed by atoms with Crippen LogP contribution >= 0.6 is 0 Å². The topological polar surface area (TPSA) is 42.2 Å². The van der Waals surface area contributed by atoms with Gasteiger partial charge in [0.05, 0.1) is 6.42 Å². The van der Waals surface area contributed by atoms with Gasteiger partial charge in [0, 0.05) is 17.4 Å². The Morgan fingerprint density at radius 3 is 2.53 bits per heavy atom. The summed E-state index contributed by atoms with van der Waals surface area (Å²) in [6.45, 7) is 8.61. The first-order valence-corrected chi connectivity index (χ1v) is 7.30. The van der Waals surface area contributed by atoms with Crippen LogP contribution in [0.2, 0.25) is 0 Å². The van der Waals surface area contributed by atoms with Crippen molar-refractivity contribution in [3.63, 3.8) is 0 Å². The summed E-state index contributed by atoms with van der Waals surface area (Å²) in [6.07, 6.45) is 3.72. The molecule has 1 atom stereocenters. The van der Waals surface area contributed by atoms with Crippen molar-refractivity contribution in [1.82, 2.24) is 4.57 Å². The fraction of sp³-hybridized carbons (Fsp3) is 0.688. The van der Waals surface area contributed by atoms with Crippen LogP contribution < -0.4 is 0 Å². The number of aromatic nitrogens is 1. The molecule has 0 saturated heterocycles. The number of carboxylic acid groups (broad SMARTS) is 1. The summed E-state index contributed by atoms with van der Waals surface area (Å²) in [7, 11) is 0. The van der Waals surface area contributed by atoms with E-state index in [0.717, 1.165) is 6.42 Å². The number of hydrogen-bond acceptors (Lipinski definition) is 1. The Bertz CT molecular complexity index is 469. The molecule has 2 rings (SSSR count). The number of nitrogens with zero attached hydrogens (tertiary/aromatic N) is 1. The van der Waals surface area contributed by atoms with Crippen molar-refractivity contribution in [2.24, 2.45) is 5.92 Å². The molecular weight excluding hydrogens is 238 g/mol. The van der Waals surface area contributed by atoms with Crippen LogP contribution in [0, 0.1) is 19.8 Å². The van der Waals surface area contributed by atoms with E-state index in [1.54, 1.807) is 0 Å². The lowest BCUT2D eigenvalue weighted by Gasteiger charge is -2.18. The van der Waals surface area contributed by atoms with Crippen LogP contribution in [0.5, 0.6) is 0 Å². The maximum atomic E-state index is 11.1. The minimum absolute atomic E-state index is 0.149. The third kappa shape index (κ3) is 3.20. The number of carbonyl (C=O) groups is 1. The lowest BCUT2D eigenvalue weighted by Crippen LogP contribution is -2.10. The first kappa shape index (κ1) is 14.2. The summed E-state index contributed by atoms with van der Waals surface area (Å²) in [5.41, 5.74) is 3.82. The van der Waals surface area contributed by atoms with Crippen molar-refractivity contribution in [1.29, 1.82) is 0 Å². The molecule has 1 fully saturated rings. The standard InChI is InChI=1S/C16H25NO2/c1-10(2)7-13(9-16(18)19)15-8-11(3)17(12(15)4)14-5-6-14/h8,10,13-14H,5-7,9H2,1-4H3,(H,18,19). The van der Waals surface area contributed by atoms with Crippen LogP contribution in [0.1, 0.15) is 68.4 Å². The van der Waals surface area contributed by atoms with Gasteiger partial charge in [0.1, 0.15) is 0 Å². The van der Waals surface area contributed by atoms with Gasteiger partial charge in [-0.05, 0) is 56.6 Å². The molecule has 1 heterocycles. The van der Waals surface area contributed by atoms with Crippen molar-refractivity contribution in [3.8, 4) is 0 Å². The molecule has 0 radical (unpaired) electrons. The molecule has 19 heavy (non-hydrogen) atoms. The Balaban J connectivity index is 2.30. The summed E-state index contributed by atoms with van der Waals surface area (Å²) >= 11 is 0. The van der Waals surface area contributed by atoms with Gasteiger partial charge in [-0.15, -0.1) is 0 Å². The summed E-state index contributed by atoms with van der Waals surface area (Å²) in [6, 6.07) is 2.88. The smallest absolute Gasteiger partial charge is 0.303 e. The fourth-order valence-corrected chi connectivity index (χ4v) is 3.21. The predicted molar refractivity (Wildman–Crippen MR) is 76.6 cm³/mol. The van der Waals surface area contributed by atoms with Gasteiger partial charge in [-0.1, -0.05) is 13.8 Å². The lowest BCUT2D eigenvalue weighted by atomic mass is 9.88. The molecule has 0 aromatic carbocycles. The molecule has 1 saturated carbocycles. The number of carboxylic acids is 1. The molecule has 106 valence electrons. The highest BCUT2D eigenvalue weighted by molar-refractivity contribution is 5.68. The van der Waals surface area contributed by atoms with Crippen LogP contribution in [0.3, 0.4) is 0 Å². The molecular formula is C16H25NO2. The molecule has 0 aliphatic heterocycles. The van der Waals surface area contributed by atoms with Crippen LogP contribution in [0.4, 0.5) is 0 Å². The number of rotatable bonds is 6. The second kappa shape index (κ2) is 5.40. The highest BCUT2D eigenvalue weighted by atomic mass is 16.4. The van der Waals surface area contributed by atoms with Gasteiger partial charge in [-0.2, -0.15) is 0 Å². The maximum absolute atomic E-state index is 11.1. The molecule has 1 aromatic heterocycles. The van der Waals surface area contributed by atoms with E-state index in [-0.39, 0.29) is 12.3 Å². The van der Waals surface area contributed by atoms with E-state index in [0.29, 0.717) is 12.0 Å². The normalized spacial score (nSPS) is 16.9. The Morgan fingerprint density at radius 1 is 1.42 bits per heavy atom. The highest BCUT2D eigenvalue weighted by Crippen LogP contribution is 2.41. The lowest BCUT2D eigenvalue weighted by molar-refractivity contribution is -0.137. The summed E-state index contributed by atoms with van der Waals surface area (Å²) in [5.74, 6) is -0.0218. The molecule has 1 aromatic rings. The summed E-state index contributed by atoms with van der Waals surface area (Å²) in [4.78, 5) is 11.1. The zero-order chi connectivity index (χ0) is 14.2. The Kier molecular flexibility index (Phi) is 4.02. The fourth-order valence-electron chi connectivity index (χ4n) is 3.21. The van der Waals surface area contributed by atoms with Gasteiger partial charge >= 0.3 is 5.97 Å². The molecule has 3 heteroatoms. The van der Waals surface area contributed by atoms with Gasteiger partial charge in [0.2, 0.25) is 0 Å². The maximum Gasteiger partial charge on any atom is 0.303 e. The minimum atomic E-state index is -0.693. The van der Waals surface area contributed by atoms with E-state index in [1.165, 1.54) is 29.8 Å². The average molecular weight is 263 g/mol. The van der Waals surface area contributed by atoms with Gasteiger partial charge in [0.25, 0.3) is 0 Å². The van der Waals surface area contributed by atoms with E-state index in [9.17, 15) is 4.79 Å². The molecule has 1 unspecified atom stereocenters. The van der Waals surface area contributed by atoms with Crippen molar-refractivity contribution in [2.45, 2.75) is 65.3 Å². The number of aryl methyl sites for hydroxylation is 1. The van der Waals surface area contributed by atoms with E-state index in [4.69, 9.17) is 5.11 Å². The molecule has 0 spiro atoms. The second-order valence-electron chi connectivity index (χ2n) is 6.35. The van der Waals surface area contributed by atoms with Crippen LogP contribution in [-0.4, -0.2) is 15.6 Å². The molecule has 0 amide bonds. The zero-order valence-electron chi connectivity index (χ0n) is 12.4. The molecule has 3 nitrogen and oxygen atoms in total. The Labute approximate surface area is 115 Å². The van der Waals surface area contributed by atoms with E-state index >= 15 is 0 Å². The van der Waals surface area contributed by atoms with Crippen molar-refractivity contribution >= 4 is 5.97 Å². The highest BCUT2D eigenvalue weighted by Gasteiger charge is 2.29. The zero-order valence-corrected chi connectivity index (χ0v) is 12.4. The molecule has 1 aliphatic carbocycles. The predicted octanol–water partition coefficient (Wildman–Crippen LogP) is 4.04. The van der Waals surface area contributed by atoms with Crippen molar-refractivity contribution < 1.29 is 9.90 Å². The Morgan fingerprint density at radius 2 is 2.05 bits per heavy atom. The van der Waals surface area contributed by atoms with Crippen LogP contribution in [0.15, 0.2) is 6.07 Å². The van der Waals surface area contributed by atoms with Gasteiger partial charge in [-0.25, -0.2) is 0 Å². The van der Waals surface area contributed by atoms with E-state index < -0.39 is 5.97 Å². The minimum Gasteiger partial charge on any atom is -0.481 e. The molecule has 0 bridgehead atoms. The largest absolute Gasteiger partial charge is 0.481 e. The van der Waals surface area contributed by atoms with Gasteiger partial charge < -0.3 is 9.67 Å². The summed E-state index contributed by atoms with van der Waals surface area (Å²) < 4.78 is 2.41. The van der Waals surface area contributed by atoms with E-state index in [2.05, 4.69) is 38.3 Å². The first-order chi connectivity index (χ1) is 8.90. The average Bonchev–Trinajstić information content (AvgIpc) is 3.04. The van der Waals surface area contributed by atoms with Gasteiger partial charge in [0.15, 0.2) is 0 Å². The second-order valence-corrected chi connectivity index (χ2v) is 6.35. The quantitative estimate of drug-likeness (QED) is 0.841. The number of hydrogen-bond donors (Lipinski definition) is 1. The molecule has 1 aliphatic rings. The van der Waals surface area contributed by atoms with Crippen molar-refractivity contribution in [2.75, 3.05) is 0 Å². The van der Waals surface area contributed by atoms with Crippen LogP contribution in [-0.2, 0) is 4.79 Å². The third-order valence-electron chi connectivity index (χ3n) is 4.05. The van der Waals surface area contributed by atoms with Crippen molar-refractivity contribution in [3.05, 3.63) is 23.0 Å². The van der Waals surface area contributed by atoms with Crippen LogP contribution in [0.25, 0.3) is 0 Å².